The van der Waals surface area contributed by atoms with E-state index in [9.17, 15) is 18.0 Å². The van der Waals surface area contributed by atoms with Crippen LogP contribution in [-0.2, 0) is 12.8 Å². The minimum atomic E-state index is -4.56. The van der Waals surface area contributed by atoms with Crippen LogP contribution >= 0.6 is 23.2 Å². The predicted molar refractivity (Wildman–Crippen MR) is 113 cm³/mol. The second kappa shape index (κ2) is 9.49. The minimum Gasteiger partial charge on any atom is -0.496 e. The van der Waals surface area contributed by atoms with Gasteiger partial charge in [-0.2, -0.15) is 13.2 Å². The van der Waals surface area contributed by atoms with E-state index >= 15 is 0 Å². The molecule has 162 valence electrons. The zero-order valence-electron chi connectivity index (χ0n) is 16.1. The van der Waals surface area contributed by atoms with E-state index in [1.165, 1.54) is 19.2 Å². The number of ether oxygens (including phenoxy) is 2. The number of carbonyl (C=O) groups is 1. The molecule has 0 aromatic heterocycles. The van der Waals surface area contributed by atoms with Crippen molar-refractivity contribution >= 4 is 34.8 Å². The molecule has 4 nitrogen and oxygen atoms in total. The molecule has 0 aliphatic heterocycles. The third-order valence-electron chi connectivity index (χ3n) is 4.30. The molecule has 9 heteroatoms. The monoisotopic (exact) mass is 469 g/mol. The maximum atomic E-state index is 13.0. The largest absolute Gasteiger partial charge is 0.496 e. The Morgan fingerprint density at radius 1 is 0.968 bits per heavy atom. The normalized spacial score (nSPS) is 11.2. The van der Waals surface area contributed by atoms with Crippen molar-refractivity contribution in [3.63, 3.8) is 0 Å². The highest BCUT2D eigenvalue weighted by Gasteiger charge is 2.31. The van der Waals surface area contributed by atoms with E-state index in [4.69, 9.17) is 32.7 Å². The molecule has 0 saturated carbocycles. The zero-order chi connectivity index (χ0) is 22.6. The summed E-state index contributed by atoms with van der Waals surface area (Å²) in [6, 6.07) is 14.2. The quantitative estimate of drug-likeness (QED) is 0.429. The van der Waals surface area contributed by atoms with Gasteiger partial charge in [0.05, 0.1) is 28.4 Å². The molecular weight excluding hydrogens is 454 g/mol. The van der Waals surface area contributed by atoms with Gasteiger partial charge in [0.1, 0.15) is 18.1 Å². The summed E-state index contributed by atoms with van der Waals surface area (Å²) >= 11 is 12.0. The number of halogens is 5. The van der Waals surface area contributed by atoms with Crippen LogP contribution in [0.25, 0.3) is 0 Å². The Morgan fingerprint density at radius 3 is 2.39 bits per heavy atom. The predicted octanol–water partition coefficient (Wildman–Crippen LogP) is 6.85. The van der Waals surface area contributed by atoms with Crippen molar-refractivity contribution in [3.8, 4) is 11.5 Å². The van der Waals surface area contributed by atoms with Crippen molar-refractivity contribution in [3.05, 3.63) is 87.4 Å². The van der Waals surface area contributed by atoms with Gasteiger partial charge in [0.15, 0.2) is 0 Å². The van der Waals surface area contributed by atoms with Crippen LogP contribution in [0, 0.1) is 0 Å². The third kappa shape index (κ3) is 5.62. The van der Waals surface area contributed by atoms with Gasteiger partial charge in [-0.3, -0.25) is 4.79 Å². The Bertz CT molecular complexity index is 1100. The molecule has 0 bridgehead atoms. The minimum absolute atomic E-state index is 0.0165. The lowest BCUT2D eigenvalue weighted by molar-refractivity contribution is -0.137. The average molecular weight is 470 g/mol. The van der Waals surface area contributed by atoms with Gasteiger partial charge in [-0.05, 0) is 48.5 Å². The molecule has 0 atom stereocenters. The number of alkyl halides is 3. The maximum Gasteiger partial charge on any atom is 0.416 e. The first-order chi connectivity index (χ1) is 14.7. The van der Waals surface area contributed by atoms with Crippen LogP contribution in [0.5, 0.6) is 11.5 Å². The number of amides is 1. The van der Waals surface area contributed by atoms with Crippen molar-refractivity contribution in [1.29, 1.82) is 0 Å². The van der Waals surface area contributed by atoms with Gasteiger partial charge in [-0.25, -0.2) is 0 Å². The van der Waals surface area contributed by atoms with E-state index in [2.05, 4.69) is 5.32 Å². The van der Waals surface area contributed by atoms with Crippen LogP contribution in [0.1, 0.15) is 21.5 Å². The van der Waals surface area contributed by atoms with Crippen molar-refractivity contribution in [1.82, 2.24) is 0 Å². The highest BCUT2D eigenvalue weighted by atomic mass is 35.5. The van der Waals surface area contributed by atoms with Crippen molar-refractivity contribution in [2.75, 3.05) is 12.4 Å². The van der Waals surface area contributed by atoms with E-state index in [1.807, 2.05) is 0 Å². The Balaban J connectivity index is 1.82. The lowest BCUT2D eigenvalue weighted by atomic mass is 10.1. The van der Waals surface area contributed by atoms with Crippen molar-refractivity contribution in [2.24, 2.45) is 0 Å². The Kier molecular flexibility index (Phi) is 6.97. The molecule has 0 spiro atoms. The topological polar surface area (TPSA) is 47.6 Å². The molecule has 0 heterocycles. The first kappa shape index (κ1) is 22.8. The second-order valence-corrected chi connectivity index (χ2v) is 7.21. The first-order valence-electron chi connectivity index (χ1n) is 8.91. The van der Waals surface area contributed by atoms with Gasteiger partial charge in [0.25, 0.3) is 5.91 Å². The summed E-state index contributed by atoms with van der Waals surface area (Å²) in [6.07, 6.45) is -4.56. The number of hydrogen-bond acceptors (Lipinski definition) is 3. The molecule has 3 aromatic rings. The van der Waals surface area contributed by atoms with E-state index in [0.717, 1.165) is 18.2 Å². The molecule has 0 aliphatic carbocycles. The lowest BCUT2D eigenvalue weighted by Crippen LogP contribution is -2.14. The SMILES string of the molecule is COc1ccc(C(=O)Nc2cc(C(F)(F)F)ccc2Cl)cc1COc1ccccc1Cl. The van der Waals surface area contributed by atoms with E-state index < -0.39 is 17.6 Å². The van der Waals surface area contributed by atoms with Crippen molar-refractivity contribution in [2.45, 2.75) is 12.8 Å². The van der Waals surface area contributed by atoms with Crippen LogP contribution in [-0.4, -0.2) is 13.0 Å². The molecule has 1 N–H and O–H groups in total. The highest BCUT2D eigenvalue weighted by Crippen LogP contribution is 2.34. The van der Waals surface area contributed by atoms with Gasteiger partial charge in [0.2, 0.25) is 0 Å². The van der Waals surface area contributed by atoms with E-state index in [0.29, 0.717) is 22.1 Å². The Morgan fingerprint density at radius 2 is 1.71 bits per heavy atom. The fourth-order valence-electron chi connectivity index (χ4n) is 2.74. The number of anilines is 1. The van der Waals surface area contributed by atoms with Crippen LogP contribution in [0.3, 0.4) is 0 Å². The van der Waals surface area contributed by atoms with E-state index in [-0.39, 0.29) is 22.9 Å². The summed E-state index contributed by atoms with van der Waals surface area (Å²) < 4.78 is 49.9. The molecule has 3 rings (SSSR count). The summed E-state index contributed by atoms with van der Waals surface area (Å²) in [5, 5.41) is 2.82. The van der Waals surface area contributed by atoms with Crippen LogP contribution in [0.4, 0.5) is 18.9 Å². The second-order valence-electron chi connectivity index (χ2n) is 6.39. The van der Waals surface area contributed by atoms with Gasteiger partial charge < -0.3 is 14.8 Å². The summed E-state index contributed by atoms with van der Waals surface area (Å²) in [7, 11) is 1.47. The summed E-state index contributed by atoms with van der Waals surface area (Å²) in [6.45, 7) is 0.0539. The number of rotatable bonds is 6. The number of nitrogens with one attached hydrogen (secondary N) is 1. The Hall–Kier alpha value is -2.90. The zero-order valence-corrected chi connectivity index (χ0v) is 17.6. The summed E-state index contributed by atoms with van der Waals surface area (Å²) in [5.74, 6) is 0.292. The fraction of sp³-hybridized carbons (Fsp3) is 0.136. The molecule has 0 fully saturated rings. The summed E-state index contributed by atoms with van der Waals surface area (Å²) in [5.41, 5.74) is -0.334. The number of carbonyl (C=O) groups excluding carboxylic acids is 1. The van der Waals surface area contributed by atoms with Gasteiger partial charge in [0, 0.05) is 11.1 Å². The third-order valence-corrected chi connectivity index (χ3v) is 4.95. The molecule has 0 radical (unpaired) electrons. The number of para-hydroxylation sites is 1. The lowest BCUT2D eigenvalue weighted by Gasteiger charge is -2.14. The van der Waals surface area contributed by atoms with Gasteiger partial charge in [-0.15, -0.1) is 0 Å². The molecule has 0 aliphatic rings. The maximum absolute atomic E-state index is 13.0. The van der Waals surface area contributed by atoms with E-state index in [1.54, 1.807) is 30.3 Å². The van der Waals surface area contributed by atoms with Crippen molar-refractivity contribution < 1.29 is 27.4 Å². The molecule has 31 heavy (non-hydrogen) atoms. The molecular formula is C22H16Cl2F3NO3. The van der Waals surface area contributed by atoms with Crippen LogP contribution < -0.4 is 14.8 Å². The molecule has 3 aromatic carbocycles. The number of benzene rings is 3. The Labute approximate surface area is 186 Å². The van der Waals surface area contributed by atoms with Gasteiger partial charge in [-0.1, -0.05) is 35.3 Å². The van der Waals surface area contributed by atoms with Gasteiger partial charge >= 0.3 is 6.18 Å². The summed E-state index contributed by atoms with van der Waals surface area (Å²) in [4.78, 5) is 12.7. The number of methoxy groups -OCH3 is 1. The van der Waals surface area contributed by atoms with Crippen LogP contribution in [0.15, 0.2) is 60.7 Å². The van der Waals surface area contributed by atoms with Crippen LogP contribution in [0.2, 0.25) is 10.0 Å². The standard InChI is InChI=1S/C22H16Cl2F3NO3/c1-30-19-9-6-13(10-14(19)12-31-20-5-3-2-4-17(20)24)21(29)28-18-11-15(22(25,26)27)7-8-16(18)23/h2-11H,12H2,1H3,(H,28,29). The molecule has 0 saturated heterocycles. The molecule has 0 unspecified atom stereocenters. The number of hydrogen-bond donors (Lipinski definition) is 1. The average Bonchev–Trinajstić information content (AvgIpc) is 2.73. The first-order valence-corrected chi connectivity index (χ1v) is 9.67. The smallest absolute Gasteiger partial charge is 0.416 e. The fourth-order valence-corrected chi connectivity index (χ4v) is 3.10. The molecule has 1 amide bonds. The highest BCUT2D eigenvalue weighted by molar-refractivity contribution is 6.34.